The first-order chi connectivity index (χ1) is 32.2. The van der Waals surface area contributed by atoms with Crippen molar-refractivity contribution < 1.29 is 9.59 Å². The molecule has 4 aromatic carbocycles. The Labute approximate surface area is 405 Å². The number of carbonyl (C=O) groups is 2. The van der Waals surface area contributed by atoms with Gasteiger partial charge in [0, 0.05) is 52.9 Å². The van der Waals surface area contributed by atoms with Crippen molar-refractivity contribution in [1.29, 1.82) is 0 Å². The highest BCUT2D eigenvalue weighted by atomic mass is 16.2. The van der Waals surface area contributed by atoms with Gasteiger partial charge >= 0.3 is 6.03 Å². The van der Waals surface area contributed by atoms with Crippen LogP contribution in [0.5, 0.6) is 0 Å². The van der Waals surface area contributed by atoms with Gasteiger partial charge < -0.3 is 9.47 Å². The van der Waals surface area contributed by atoms with Gasteiger partial charge in [-0.1, -0.05) is 185 Å². The molecule has 1 aliphatic carbocycles. The summed E-state index contributed by atoms with van der Waals surface area (Å²) < 4.78 is 2.53. The van der Waals surface area contributed by atoms with Crippen molar-refractivity contribution in [3.63, 3.8) is 0 Å². The number of aromatic nitrogens is 1. The van der Waals surface area contributed by atoms with Gasteiger partial charge in [0.15, 0.2) is 0 Å². The van der Waals surface area contributed by atoms with Crippen LogP contribution in [-0.2, 0) is 4.79 Å². The second-order valence-corrected chi connectivity index (χ2v) is 20.1. The zero-order chi connectivity index (χ0) is 48.8. The highest BCUT2D eigenvalue weighted by Gasteiger charge is 2.33. The van der Waals surface area contributed by atoms with Crippen molar-refractivity contribution in [3.8, 4) is 0 Å². The Hall–Kier alpha value is -5.16. The van der Waals surface area contributed by atoms with Gasteiger partial charge in [0.05, 0.1) is 0 Å². The first kappa shape index (κ1) is 52.8. The number of hydrogen-bond acceptors (Lipinski definition) is 2. The molecule has 1 fully saturated rings. The lowest BCUT2D eigenvalue weighted by atomic mass is 9.90. The Bertz CT molecular complexity index is 2620. The van der Waals surface area contributed by atoms with Crippen molar-refractivity contribution in [2.24, 2.45) is 5.92 Å². The summed E-state index contributed by atoms with van der Waals surface area (Å²) in [5.74, 6) is 1.11. The lowest BCUT2D eigenvalue weighted by Crippen LogP contribution is -2.49. The van der Waals surface area contributed by atoms with Crippen LogP contribution in [0.1, 0.15) is 183 Å². The van der Waals surface area contributed by atoms with E-state index < -0.39 is 0 Å². The Morgan fingerprint density at radius 1 is 0.672 bits per heavy atom. The van der Waals surface area contributed by atoms with Crippen LogP contribution < -0.4 is 5.35 Å². The minimum absolute atomic E-state index is 0.189. The van der Waals surface area contributed by atoms with E-state index in [9.17, 15) is 4.79 Å². The number of allylic oxidation sites excluding steroid dienone is 7. The third-order valence-corrected chi connectivity index (χ3v) is 13.9. The molecular formula is C62H85N3O2. The van der Waals surface area contributed by atoms with E-state index in [0.717, 1.165) is 86.8 Å². The number of fused-ring (bicyclic) bond motifs is 1. The van der Waals surface area contributed by atoms with Crippen LogP contribution in [0.2, 0.25) is 0 Å². The first-order valence-corrected chi connectivity index (χ1v) is 26.1. The molecule has 1 saturated carbocycles. The molecule has 2 unspecified atom stereocenters. The molecule has 5 nitrogen and oxygen atoms in total. The molecule has 67 heavy (non-hydrogen) atoms. The lowest BCUT2D eigenvalue weighted by molar-refractivity contribution is -0.126. The smallest absolute Gasteiger partial charge is 0.326 e. The van der Waals surface area contributed by atoms with E-state index in [1.807, 2.05) is 14.0 Å². The number of rotatable bonds is 18. The number of imide groups is 1. The maximum Gasteiger partial charge on any atom is 0.326 e. The third-order valence-electron chi connectivity index (χ3n) is 13.9. The second-order valence-electron chi connectivity index (χ2n) is 20.1. The third kappa shape index (κ3) is 12.7. The maximum atomic E-state index is 15.1. The molecule has 2 atom stereocenters. The minimum atomic E-state index is -0.218. The highest BCUT2D eigenvalue weighted by Crippen LogP contribution is 2.40. The van der Waals surface area contributed by atoms with Gasteiger partial charge in [-0.05, 0) is 133 Å². The predicted molar refractivity (Wildman–Crippen MR) is 292 cm³/mol. The van der Waals surface area contributed by atoms with Crippen molar-refractivity contribution in [1.82, 2.24) is 14.4 Å². The van der Waals surface area contributed by atoms with Crippen molar-refractivity contribution in [2.45, 2.75) is 178 Å². The molecule has 360 valence electrons. The van der Waals surface area contributed by atoms with Crippen LogP contribution in [0, 0.1) is 5.92 Å². The van der Waals surface area contributed by atoms with Gasteiger partial charge in [-0.15, -0.1) is 0 Å². The monoisotopic (exact) mass is 904 g/mol. The van der Waals surface area contributed by atoms with Gasteiger partial charge in [0.1, 0.15) is 0 Å². The van der Waals surface area contributed by atoms with Gasteiger partial charge in [0.2, 0.25) is 0 Å². The minimum Gasteiger partial charge on any atom is -0.338 e. The molecule has 1 aromatic heterocycles. The van der Waals surface area contributed by atoms with Crippen LogP contribution in [0.15, 0.2) is 113 Å². The first-order valence-electron chi connectivity index (χ1n) is 26.1. The largest absolute Gasteiger partial charge is 0.338 e. The molecule has 0 N–H and O–H groups in total. The maximum absolute atomic E-state index is 15.1. The number of amides is 3. The molecule has 5 heteroatoms. The van der Waals surface area contributed by atoms with Crippen molar-refractivity contribution in [2.75, 3.05) is 13.6 Å². The zero-order valence-corrected chi connectivity index (χ0v) is 43.9. The topological polar surface area (TPSA) is 45.6 Å². The quantitative estimate of drug-likeness (QED) is 0.0650. The Morgan fingerprint density at radius 3 is 1.90 bits per heavy atom. The van der Waals surface area contributed by atoms with Crippen LogP contribution in [0.25, 0.3) is 44.1 Å². The van der Waals surface area contributed by atoms with Crippen LogP contribution in [-0.4, -0.2) is 45.9 Å². The molecule has 1 aliphatic rings. The molecule has 0 bridgehead atoms. The summed E-state index contributed by atoms with van der Waals surface area (Å²) in [6.07, 6.45) is 21.4. The fraction of sp³-hybridized carbons (Fsp3) is 0.484. The second kappa shape index (κ2) is 25.3. The number of unbranched alkanes of at least 4 members (excludes halogenated alkanes) is 3. The van der Waals surface area contributed by atoms with E-state index in [1.165, 1.54) is 67.3 Å². The van der Waals surface area contributed by atoms with Gasteiger partial charge in [-0.3, -0.25) is 9.69 Å². The molecule has 0 radical (unpaired) electrons. The SMILES string of the molecule is CCCC(C)C.CCCCCC(C)N(C(=O)/C(C)=C1C(=C/C=C(/C)c2cccc3cccc(C(C)C)c23)/CCC/1=C\C=c1/c2cccc3cccc(c32)n1C(C)CCC)C(=O)N(C)CCCC. The molecule has 3 amide bonds. The van der Waals surface area contributed by atoms with E-state index in [2.05, 4.69) is 178 Å². The summed E-state index contributed by atoms with van der Waals surface area (Å²) in [5.41, 5.74) is 8.92. The molecule has 6 rings (SSSR count). The molecular weight excluding hydrogens is 819 g/mol. The predicted octanol–water partition coefficient (Wildman–Crippen LogP) is 17.1. The highest BCUT2D eigenvalue weighted by molar-refractivity contribution is 6.10. The van der Waals surface area contributed by atoms with E-state index in [-0.39, 0.29) is 18.0 Å². The molecule has 0 saturated heterocycles. The van der Waals surface area contributed by atoms with Gasteiger partial charge in [-0.25, -0.2) is 4.79 Å². The number of urea groups is 1. The number of hydrogen-bond donors (Lipinski definition) is 0. The fourth-order valence-corrected chi connectivity index (χ4v) is 10.2. The zero-order valence-electron chi connectivity index (χ0n) is 43.9. The number of benzene rings is 4. The Balaban J connectivity index is 0.00000131. The van der Waals surface area contributed by atoms with Crippen molar-refractivity contribution in [3.05, 3.63) is 130 Å². The van der Waals surface area contributed by atoms with Crippen LogP contribution >= 0.6 is 0 Å². The van der Waals surface area contributed by atoms with Crippen molar-refractivity contribution >= 4 is 56.0 Å². The fourth-order valence-electron chi connectivity index (χ4n) is 10.2. The van der Waals surface area contributed by atoms with Crippen LogP contribution in [0.3, 0.4) is 0 Å². The summed E-state index contributed by atoms with van der Waals surface area (Å²) in [6.45, 7) is 27.0. The van der Waals surface area contributed by atoms with E-state index in [0.29, 0.717) is 24.1 Å². The van der Waals surface area contributed by atoms with E-state index >= 15 is 4.79 Å². The molecule has 1 heterocycles. The summed E-state index contributed by atoms with van der Waals surface area (Å²) in [5, 5.41) is 7.57. The molecule has 0 spiro atoms. The van der Waals surface area contributed by atoms with Gasteiger partial charge in [0.25, 0.3) is 5.91 Å². The summed E-state index contributed by atoms with van der Waals surface area (Å²) >= 11 is 0. The average Bonchev–Trinajstić information content (AvgIpc) is 3.87. The standard InChI is InChI=1S/C56H71N3O2.C6H14/c1-11-14-16-22-41(8)59(56(61)57(10)37-15-12-2)55(60)42(9)52-45(32-31-39(6)48-28-18-24-43-23-17-27-47(38(4)5)53(43)48)33-34-46(52)35-36-50-49-29-19-25-44-26-20-30-51(54(44)49)58(50)40(7)21-13-3;1-4-5-6(2)3/h17-20,23-32,35-36,38,40-41H,11-16,21-22,33-34,37H2,1-10H3;6H,4-5H2,1-3H3/b39-31-,45-32+,46-35+,50-36+,52-42-;. The summed E-state index contributed by atoms with van der Waals surface area (Å²) in [6, 6.07) is 26.4. The Morgan fingerprint density at radius 2 is 1.28 bits per heavy atom. The normalized spacial score (nSPS) is 16.5. The van der Waals surface area contributed by atoms with E-state index in [4.69, 9.17) is 0 Å². The van der Waals surface area contributed by atoms with E-state index in [1.54, 1.807) is 9.80 Å². The number of nitrogens with zero attached hydrogens (tertiary/aromatic N) is 3. The molecule has 5 aromatic rings. The summed E-state index contributed by atoms with van der Waals surface area (Å²) in [7, 11) is 1.84. The Kier molecular flexibility index (Phi) is 19.9. The molecule has 0 aliphatic heterocycles. The van der Waals surface area contributed by atoms with Gasteiger partial charge in [-0.2, -0.15) is 0 Å². The number of carbonyl (C=O) groups excluding carboxylic acids is 2. The lowest BCUT2D eigenvalue weighted by Gasteiger charge is -2.32. The van der Waals surface area contributed by atoms with Crippen LogP contribution in [0.4, 0.5) is 4.79 Å². The average molecular weight is 904 g/mol. The summed E-state index contributed by atoms with van der Waals surface area (Å²) in [4.78, 5) is 32.7.